The molecular formula is C28H30F3N5O4. The van der Waals surface area contributed by atoms with Gasteiger partial charge in [-0.1, -0.05) is 0 Å². The van der Waals surface area contributed by atoms with E-state index in [4.69, 9.17) is 9.47 Å². The second-order valence-corrected chi connectivity index (χ2v) is 9.12. The van der Waals surface area contributed by atoms with Crippen molar-refractivity contribution in [2.75, 3.05) is 43.9 Å². The lowest BCUT2D eigenvalue weighted by molar-refractivity contribution is -0.137. The zero-order valence-electron chi connectivity index (χ0n) is 21.9. The summed E-state index contributed by atoms with van der Waals surface area (Å²) in [5.74, 6) is 0.626. The molecule has 3 aromatic rings. The number of aromatic nitrogens is 1. The Hall–Kier alpha value is -4.32. The minimum atomic E-state index is -4.58. The van der Waals surface area contributed by atoms with Crippen molar-refractivity contribution >= 4 is 23.3 Å². The van der Waals surface area contributed by atoms with Gasteiger partial charge in [0.05, 0.1) is 17.9 Å². The molecule has 0 radical (unpaired) electrons. The molecule has 3 amide bonds. The molecule has 1 aliphatic rings. The number of alkyl halides is 3. The number of likely N-dealkylation sites (tertiary alicyclic amines) is 1. The van der Waals surface area contributed by atoms with Crippen LogP contribution in [0.25, 0.3) is 0 Å². The van der Waals surface area contributed by atoms with Gasteiger partial charge in [0, 0.05) is 31.5 Å². The minimum Gasteiger partial charge on any atom is -0.491 e. The molecule has 2 aromatic carbocycles. The van der Waals surface area contributed by atoms with Crippen LogP contribution in [0.4, 0.5) is 29.3 Å². The largest absolute Gasteiger partial charge is 0.491 e. The van der Waals surface area contributed by atoms with Gasteiger partial charge in [-0.2, -0.15) is 13.2 Å². The highest BCUT2D eigenvalue weighted by Crippen LogP contribution is 2.35. The summed E-state index contributed by atoms with van der Waals surface area (Å²) in [5, 5.41) is 7.54. The maximum absolute atomic E-state index is 13.3. The van der Waals surface area contributed by atoms with Gasteiger partial charge < -0.3 is 30.3 Å². The van der Waals surface area contributed by atoms with Gasteiger partial charge in [-0.25, -0.2) is 4.79 Å². The third-order valence-electron chi connectivity index (χ3n) is 6.17. The molecular weight excluding hydrogens is 527 g/mol. The average Bonchev–Trinajstić information content (AvgIpc) is 3.45. The highest BCUT2D eigenvalue weighted by atomic mass is 19.4. The van der Waals surface area contributed by atoms with Crippen molar-refractivity contribution < 1.29 is 32.2 Å². The third kappa shape index (κ3) is 8.09. The molecule has 0 aliphatic carbocycles. The summed E-state index contributed by atoms with van der Waals surface area (Å²) in [6, 6.07) is 11.7. The van der Waals surface area contributed by atoms with Crippen LogP contribution in [-0.4, -0.2) is 55.1 Å². The molecule has 0 bridgehead atoms. The van der Waals surface area contributed by atoms with Crippen LogP contribution in [0.15, 0.2) is 60.8 Å². The molecule has 1 aromatic heterocycles. The van der Waals surface area contributed by atoms with Crippen molar-refractivity contribution in [1.82, 2.24) is 15.2 Å². The number of amides is 3. The molecule has 9 nitrogen and oxygen atoms in total. The van der Waals surface area contributed by atoms with Gasteiger partial charge in [0.2, 0.25) is 0 Å². The summed E-state index contributed by atoms with van der Waals surface area (Å²) >= 11 is 0. The Morgan fingerprint density at radius 3 is 2.42 bits per heavy atom. The normalized spacial score (nSPS) is 13.5. The van der Waals surface area contributed by atoms with Crippen molar-refractivity contribution in [2.24, 2.45) is 0 Å². The Bertz CT molecular complexity index is 1310. The Balaban J connectivity index is 1.37. The maximum Gasteiger partial charge on any atom is 0.416 e. The molecule has 0 spiro atoms. The quantitative estimate of drug-likeness (QED) is 0.274. The van der Waals surface area contributed by atoms with Crippen LogP contribution < -0.4 is 25.4 Å². The topological polar surface area (TPSA) is 105 Å². The van der Waals surface area contributed by atoms with Crippen molar-refractivity contribution in [3.63, 3.8) is 0 Å². The highest BCUT2D eigenvalue weighted by molar-refractivity contribution is 6.00. The SMILES string of the molecule is CNC(=O)c1cc(Oc2ccc(NC(=O)Nc3cc(C(F)(F)F)ccc3OCCCN3CCCC3)cc2)ccn1. The Morgan fingerprint density at radius 1 is 0.975 bits per heavy atom. The van der Waals surface area contributed by atoms with E-state index in [0.717, 1.165) is 31.8 Å². The zero-order valence-corrected chi connectivity index (χ0v) is 21.9. The predicted octanol–water partition coefficient (Wildman–Crippen LogP) is 5.76. The van der Waals surface area contributed by atoms with Crippen molar-refractivity contribution in [2.45, 2.75) is 25.4 Å². The number of pyridine rings is 1. The van der Waals surface area contributed by atoms with Gasteiger partial charge in [-0.15, -0.1) is 0 Å². The van der Waals surface area contributed by atoms with E-state index in [1.54, 1.807) is 30.3 Å². The third-order valence-corrected chi connectivity index (χ3v) is 6.17. The molecule has 1 saturated heterocycles. The molecule has 2 heterocycles. The molecule has 0 unspecified atom stereocenters. The Kier molecular flexibility index (Phi) is 9.43. The number of anilines is 2. The number of nitrogens with zero attached hydrogens (tertiary/aromatic N) is 2. The van der Waals surface area contributed by atoms with Gasteiger partial charge >= 0.3 is 12.2 Å². The summed E-state index contributed by atoms with van der Waals surface area (Å²) in [4.78, 5) is 30.7. The van der Waals surface area contributed by atoms with Gasteiger partial charge in [-0.05, 0) is 80.9 Å². The van der Waals surface area contributed by atoms with E-state index >= 15 is 0 Å². The lowest BCUT2D eigenvalue weighted by Crippen LogP contribution is -2.22. The summed E-state index contributed by atoms with van der Waals surface area (Å²) in [6.45, 7) is 3.24. The number of urea groups is 1. The summed E-state index contributed by atoms with van der Waals surface area (Å²) in [6.07, 6.45) is -0.0765. The number of rotatable bonds is 10. The molecule has 3 N–H and O–H groups in total. The molecule has 12 heteroatoms. The molecule has 1 fully saturated rings. The molecule has 212 valence electrons. The molecule has 1 aliphatic heterocycles. The van der Waals surface area contributed by atoms with E-state index in [-0.39, 0.29) is 23.0 Å². The first-order valence-electron chi connectivity index (χ1n) is 12.8. The summed E-state index contributed by atoms with van der Waals surface area (Å²) in [7, 11) is 1.50. The standard InChI is InChI=1S/C28H30F3N5O4/c1-32-26(37)24-18-22(11-12-33-24)40-21-8-6-20(7-9-21)34-27(38)35-23-17-19(28(29,30)31)5-10-25(23)39-16-4-15-36-13-2-3-14-36/h5-12,17-18H,2-4,13-16H2,1H3,(H,32,37)(H2,34,35,38). The molecule has 40 heavy (non-hydrogen) atoms. The molecule has 4 rings (SSSR count). The Labute approximate surface area is 229 Å². The van der Waals surface area contributed by atoms with E-state index in [0.29, 0.717) is 30.2 Å². The Morgan fingerprint density at radius 2 is 1.73 bits per heavy atom. The molecule has 0 saturated carbocycles. The van der Waals surface area contributed by atoms with Gasteiger partial charge in [0.1, 0.15) is 22.9 Å². The lowest BCUT2D eigenvalue weighted by atomic mass is 10.1. The van der Waals surface area contributed by atoms with E-state index in [9.17, 15) is 22.8 Å². The number of hydrogen-bond acceptors (Lipinski definition) is 6. The average molecular weight is 558 g/mol. The second-order valence-electron chi connectivity index (χ2n) is 9.12. The predicted molar refractivity (Wildman–Crippen MR) is 144 cm³/mol. The zero-order chi connectivity index (χ0) is 28.5. The van der Waals surface area contributed by atoms with Crippen LogP contribution in [-0.2, 0) is 6.18 Å². The van der Waals surface area contributed by atoms with Crippen LogP contribution in [0.3, 0.4) is 0 Å². The summed E-state index contributed by atoms with van der Waals surface area (Å²) < 4.78 is 51.5. The van der Waals surface area contributed by atoms with Crippen LogP contribution in [0.2, 0.25) is 0 Å². The first-order chi connectivity index (χ1) is 19.2. The number of carbonyl (C=O) groups excluding carboxylic acids is 2. The minimum absolute atomic E-state index is 0.0851. The van der Waals surface area contributed by atoms with Crippen molar-refractivity contribution in [1.29, 1.82) is 0 Å². The van der Waals surface area contributed by atoms with Crippen molar-refractivity contribution in [3.05, 3.63) is 72.1 Å². The number of ether oxygens (including phenoxy) is 2. The van der Waals surface area contributed by atoms with Crippen LogP contribution >= 0.6 is 0 Å². The van der Waals surface area contributed by atoms with Gasteiger partial charge in [-0.3, -0.25) is 9.78 Å². The number of halogens is 3. The van der Waals surface area contributed by atoms with Crippen LogP contribution in [0.5, 0.6) is 17.2 Å². The smallest absolute Gasteiger partial charge is 0.416 e. The van der Waals surface area contributed by atoms with E-state index in [1.807, 2.05) is 0 Å². The van der Waals surface area contributed by atoms with E-state index in [2.05, 4.69) is 25.8 Å². The highest BCUT2D eigenvalue weighted by Gasteiger charge is 2.31. The van der Waals surface area contributed by atoms with Crippen LogP contribution in [0.1, 0.15) is 35.3 Å². The maximum atomic E-state index is 13.3. The van der Waals surface area contributed by atoms with E-state index in [1.165, 1.54) is 38.2 Å². The fourth-order valence-electron chi connectivity index (χ4n) is 4.16. The second kappa shape index (κ2) is 13.2. The summed E-state index contributed by atoms with van der Waals surface area (Å²) in [5.41, 5.74) is -0.410. The fourth-order valence-corrected chi connectivity index (χ4v) is 4.16. The number of benzene rings is 2. The first kappa shape index (κ1) is 28.7. The first-order valence-corrected chi connectivity index (χ1v) is 12.8. The number of hydrogen-bond donors (Lipinski definition) is 3. The number of carbonyl (C=O) groups is 2. The van der Waals surface area contributed by atoms with Gasteiger partial charge in [0.25, 0.3) is 5.91 Å². The fraction of sp³-hybridized carbons (Fsp3) is 0.321. The van der Waals surface area contributed by atoms with E-state index < -0.39 is 17.8 Å². The number of nitrogens with one attached hydrogen (secondary N) is 3. The monoisotopic (exact) mass is 557 g/mol. The lowest BCUT2D eigenvalue weighted by Gasteiger charge is -2.17. The molecule has 0 atom stereocenters. The van der Waals surface area contributed by atoms with Crippen molar-refractivity contribution in [3.8, 4) is 17.2 Å². The van der Waals surface area contributed by atoms with Crippen LogP contribution in [0, 0.1) is 0 Å². The van der Waals surface area contributed by atoms with Gasteiger partial charge in [0.15, 0.2) is 0 Å².